The molecule has 2 rings (SSSR count). The fraction of sp³-hybridized carbons (Fsp3) is 0. The number of nitrogens with one attached hydrogen (secondary N) is 2. The van der Waals surface area contributed by atoms with Gasteiger partial charge in [0, 0.05) is 16.9 Å². The second-order valence-corrected chi connectivity index (χ2v) is 5.25. The maximum atomic E-state index is 13.1. The second kappa shape index (κ2) is 7.63. The zero-order valence-electron chi connectivity index (χ0n) is 11.6. The first-order chi connectivity index (χ1) is 11.0. The largest absolute Gasteiger partial charge is 0.360 e. The van der Waals surface area contributed by atoms with Gasteiger partial charge in [0.25, 0.3) is 5.91 Å². The van der Waals surface area contributed by atoms with Crippen LogP contribution in [0, 0.1) is 17.1 Å². The summed E-state index contributed by atoms with van der Waals surface area (Å²) in [6, 6.07) is 12.0. The van der Waals surface area contributed by atoms with E-state index in [1.54, 1.807) is 18.2 Å². The fourth-order valence-corrected chi connectivity index (χ4v) is 2.00. The van der Waals surface area contributed by atoms with E-state index < -0.39 is 11.7 Å². The monoisotopic (exact) mass is 349 g/mol. The lowest BCUT2D eigenvalue weighted by atomic mass is 10.2. The number of carbonyl (C=O) groups is 1. The molecule has 0 aromatic heterocycles. The average molecular weight is 350 g/mol. The van der Waals surface area contributed by atoms with Crippen molar-refractivity contribution in [2.24, 2.45) is 0 Å². The lowest BCUT2D eigenvalue weighted by Gasteiger charge is -2.07. The smallest absolute Gasteiger partial charge is 0.267 e. The first-order valence-electron chi connectivity index (χ1n) is 6.38. The molecule has 0 aliphatic rings. The van der Waals surface area contributed by atoms with Crippen molar-refractivity contribution in [1.82, 2.24) is 0 Å². The lowest BCUT2D eigenvalue weighted by Crippen LogP contribution is -2.14. The Labute approximate surface area is 142 Å². The number of nitriles is 1. The summed E-state index contributed by atoms with van der Waals surface area (Å²) in [6.45, 7) is 0. The minimum Gasteiger partial charge on any atom is -0.360 e. The van der Waals surface area contributed by atoms with Crippen LogP contribution in [0.3, 0.4) is 0 Å². The Morgan fingerprint density at radius 3 is 2.70 bits per heavy atom. The van der Waals surface area contributed by atoms with Crippen LogP contribution in [0.4, 0.5) is 15.8 Å². The number of nitrogens with zero attached hydrogens (tertiary/aromatic N) is 1. The highest BCUT2D eigenvalue weighted by molar-refractivity contribution is 6.35. The molecule has 2 aromatic carbocycles. The van der Waals surface area contributed by atoms with Crippen molar-refractivity contribution < 1.29 is 9.18 Å². The molecule has 0 unspecified atom stereocenters. The maximum absolute atomic E-state index is 13.1. The molecule has 0 saturated heterocycles. The molecule has 0 saturated carbocycles. The molecular formula is C16H10Cl2FN3O. The molecule has 0 spiro atoms. The average Bonchev–Trinajstić information content (AvgIpc) is 2.51. The van der Waals surface area contributed by atoms with Crippen LogP contribution in [-0.2, 0) is 4.79 Å². The second-order valence-electron chi connectivity index (χ2n) is 4.40. The quantitative estimate of drug-likeness (QED) is 0.626. The summed E-state index contributed by atoms with van der Waals surface area (Å²) in [5.41, 5.74) is 0.493. The van der Waals surface area contributed by atoms with Gasteiger partial charge < -0.3 is 10.6 Å². The van der Waals surface area contributed by atoms with E-state index in [-0.39, 0.29) is 16.3 Å². The Morgan fingerprint density at radius 1 is 1.22 bits per heavy atom. The summed E-state index contributed by atoms with van der Waals surface area (Å²) in [7, 11) is 0. The zero-order chi connectivity index (χ0) is 16.8. The van der Waals surface area contributed by atoms with Gasteiger partial charge in [0.05, 0.1) is 10.7 Å². The molecule has 0 bridgehead atoms. The molecule has 0 heterocycles. The molecule has 0 aliphatic heterocycles. The Morgan fingerprint density at radius 2 is 2.00 bits per heavy atom. The Balaban J connectivity index is 2.14. The van der Waals surface area contributed by atoms with Crippen LogP contribution < -0.4 is 10.6 Å². The SMILES string of the molecule is N#C/C(=C/Nc1cccc(F)c1)C(=O)Nc1cc(Cl)ccc1Cl. The molecule has 7 heteroatoms. The molecule has 23 heavy (non-hydrogen) atoms. The number of rotatable bonds is 4. The number of hydrogen-bond acceptors (Lipinski definition) is 3. The van der Waals surface area contributed by atoms with Crippen molar-refractivity contribution in [2.45, 2.75) is 0 Å². The summed E-state index contributed by atoms with van der Waals surface area (Å²) in [5, 5.41) is 14.9. The van der Waals surface area contributed by atoms with E-state index in [0.29, 0.717) is 10.7 Å². The van der Waals surface area contributed by atoms with Crippen LogP contribution in [-0.4, -0.2) is 5.91 Å². The van der Waals surface area contributed by atoms with Crippen molar-refractivity contribution in [3.8, 4) is 6.07 Å². The van der Waals surface area contributed by atoms with Crippen molar-refractivity contribution in [3.05, 3.63) is 70.1 Å². The standard InChI is InChI=1S/C16H10Cl2FN3O/c17-11-4-5-14(18)15(6-11)22-16(23)10(8-20)9-21-13-3-1-2-12(19)7-13/h1-7,9,21H,(H,22,23)/b10-9-. The highest BCUT2D eigenvalue weighted by atomic mass is 35.5. The van der Waals surface area contributed by atoms with Gasteiger partial charge in [-0.1, -0.05) is 29.3 Å². The first-order valence-corrected chi connectivity index (χ1v) is 7.14. The van der Waals surface area contributed by atoms with Gasteiger partial charge in [0.1, 0.15) is 17.5 Å². The third kappa shape index (κ3) is 4.71. The Kier molecular flexibility index (Phi) is 5.58. The van der Waals surface area contributed by atoms with Crippen LogP contribution >= 0.6 is 23.2 Å². The minimum atomic E-state index is -0.666. The lowest BCUT2D eigenvalue weighted by molar-refractivity contribution is -0.112. The van der Waals surface area contributed by atoms with Gasteiger partial charge in [0.15, 0.2) is 0 Å². The van der Waals surface area contributed by atoms with E-state index in [4.69, 9.17) is 28.5 Å². The van der Waals surface area contributed by atoms with Crippen LogP contribution in [0.2, 0.25) is 10.0 Å². The van der Waals surface area contributed by atoms with E-state index >= 15 is 0 Å². The summed E-state index contributed by atoms with van der Waals surface area (Å²) in [5.74, 6) is -1.10. The van der Waals surface area contributed by atoms with E-state index in [1.165, 1.54) is 36.5 Å². The molecule has 2 aromatic rings. The number of carbonyl (C=O) groups excluding carboxylic acids is 1. The molecule has 0 fully saturated rings. The summed E-state index contributed by atoms with van der Waals surface area (Å²) < 4.78 is 13.1. The highest BCUT2D eigenvalue weighted by Crippen LogP contribution is 2.25. The van der Waals surface area contributed by atoms with Gasteiger partial charge in [-0.05, 0) is 36.4 Å². The predicted molar refractivity (Wildman–Crippen MR) is 88.8 cm³/mol. The number of hydrogen-bond donors (Lipinski definition) is 2. The molecular weight excluding hydrogens is 340 g/mol. The highest BCUT2D eigenvalue weighted by Gasteiger charge is 2.11. The molecule has 2 N–H and O–H groups in total. The van der Waals surface area contributed by atoms with E-state index in [9.17, 15) is 9.18 Å². The van der Waals surface area contributed by atoms with Gasteiger partial charge in [-0.25, -0.2) is 4.39 Å². The van der Waals surface area contributed by atoms with Crippen LogP contribution in [0.15, 0.2) is 54.2 Å². The van der Waals surface area contributed by atoms with Gasteiger partial charge in [0.2, 0.25) is 0 Å². The Bertz CT molecular complexity index is 815. The Hall–Kier alpha value is -2.55. The summed E-state index contributed by atoms with van der Waals surface area (Å²) in [4.78, 5) is 12.1. The number of amides is 1. The topological polar surface area (TPSA) is 64.9 Å². The van der Waals surface area contributed by atoms with E-state index in [2.05, 4.69) is 10.6 Å². The van der Waals surface area contributed by atoms with Gasteiger partial charge >= 0.3 is 0 Å². The van der Waals surface area contributed by atoms with Crippen molar-refractivity contribution in [1.29, 1.82) is 5.26 Å². The molecule has 0 radical (unpaired) electrons. The number of benzene rings is 2. The van der Waals surface area contributed by atoms with Gasteiger partial charge in [-0.15, -0.1) is 0 Å². The minimum absolute atomic E-state index is 0.203. The van der Waals surface area contributed by atoms with E-state index in [1.807, 2.05) is 0 Å². The summed E-state index contributed by atoms with van der Waals surface area (Å²) in [6.07, 6.45) is 1.18. The van der Waals surface area contributed by atoms with Crippen molar-refractivity contribution in [2.75, 3.05) is 10.6 Å². The fourth-order valence-electron chi connectivity index (χ4n) is 1.67. The van der Waals surface area contributed by atoms with Crippen LogP contribution in [0.5, 0.6) is 0 Å². The molecule has 0 atom stereocenters. The third-order valence-electron chi connectivity index (χ3n) is 2.75. The van der Waals surface area contributed by atoms with Crippen LogP contribution in [0.1, 0.15) is 0 Å². The molecule has 4 nitrogen and oxygen atoms in total. The third-order valence-corrected chi connectivity index (χ3v) is 3.31. The van der Waals surface area contributed by atoms with Crippen LogP contribution in [0.25, 0.3) is 0 Å². The normalized spacial score (nSPS) is 10.8. The van der Waals surface area contributed by atoms with Gasteiger partial charge in [-0.2, -0.15) is 5.26 Å². The zero-order valence-corrected chi connectivity index (χ0v) is 13.1. The molecule has 0 aliphatic carbocycles. The molecule has 1 amide bonds. The maximum Gasteiger partial charge on any atom is 0.267 e. The van der Waals surface area contributed by atoms with E-state index in [0.717, 1.165) is 0 Å². The van der Waals surface area contributed by atoms with Crippen molar-refractivity contribution in [3.63, 3.8) is 0 Å². The number of anilines is 2. The first kappa shape index (κ1) is 16.8. The predicted octanol–water partition coefficient (Wildman–Crippen LogP) is 4.59. The summed E-state index contributed by atoms with van der Waals surface area (Å²) >= 11 is 11.8. The molecule has 116 valence electrons. The van der Waals surface area contributed by atoms with Crippen molar-refractivity contribution >= 4 is 40.5 Å². The van der Waals surface area contributed by atoms with Gasteiger partial charge in [-0.3, -0.25) is 4.79 Å². The number of halogens is 3.